The first kappa shape index (κ1) is 18.2. The normalized spacial score (nSPS) is 21.7. The summed E-state index contributed by atoms with van der Waals surface area (Å²) in [5, 5.41) is 6.50. The number of hydrogen-bond donors (Lipinski definition) is 2. The molecule has 0 unspecified atom stereocenters. The molecule has 2 aliphatic rings. The number of rotatable bonds is 7. The molecule has 0 saturated heterocycles. The van der Waals surface area contributed by atoms with Crippen LogP contribution in [0.15, 0.2) is 53.4 Å². The van der Waals surface area contributed by atoms with Gasteiger partial charge in [0.2, 0.25) is 0 Å². The fraction of sp³-hybridized carbons (Fsp3) is 0.381. The molecule has 0 heterocycles. The van der Waals surface area contributed by atoms with Crippen LogP contribution >= 0.6 is 0 Å². The Morgan fingerprint density at radius 2 is 1.70 bits per heavy atom. The number of carbonyl (C=O) groups excluding carboxylic acids is 1. The van der Waals surface area contributed by atoms with E-state index in [1.54, 1.807) is 0 Å². The van der Waals surface area contributed by atoms with E-state index in [1.165, 1.54) is 49.1 Å². The zero-order chi connectivity index (χ0) is 19.0. The van der Waals surface area contributed by atoms with Gasteiger partial charge in [-0.2, -0.15) is 0 Å². The second kappa shape index (κ2) is 7.09. The molecule has 2 aromatic rings. The van der Waals surface area contributed by atoms with Gasteiger partial charge in [0.25, 0.3) is 5.91 Å². The molecule has 0 radical (unpaired) electrons. The van der Waals surface area contributed by atoms with Crippen LogP contribution in [0.2, 0.25) is 0 Å². The molecule has 0 spiro atoms. The number of benzene rings is 2. The highest BCUT2D eigenvalue weighted by atomic mass is 32.2. The van der Waals surface area contributed by atoms with Crippen LogP contribution in [0.5, 0.6) is 0 Å². The average Bonchev–Trinajstić information content (AvgIpc) is 3.54. The molecule has 6 heteroatoms. The van der Waals surface area contributed by atoms with Gasteiger partial charge in [0.15, 0.2) is 9.84 Å². The molecule has 2 atom stereocenters. The van der Waals surface area contributed by atoms with Crippen molar-refractivity contribution >= 4 is 21.4 Å². The van der Waals surface area contributed by atoms with Crippen molar-refractivity contribution in [3.05, 3.63) is 59.7 Å². The second-order valence-corrected chi connectivity index (χ2v) is 9.69. The van der Waals surface area contributed by atoms with Crippen molar-refractivity contribution in [3.63, 3.8) is 0 Å². The summed E-state index contributed by atoms with van der Waals surface area (Å²) in [5.41, 5.74) is 2.47. The molecular formula is C21H24N2O3S. The van der Waals surface area contributed by atoms with Gasteiger partial charge in [-0.1, -0.05) is 12.1 Å². The van der Waals surface area contributed by atoms with Crippen molar-refractivity contribution in [2.24, 2.45) is 5.92 Å². The maximum Gasteiger partial charge on any atom is 0.255 e. The summed E-state index contributed by atoms with van der Waals surface area (Å²) in [6.45, 7) is 1.15. The van der Waals surface area contributed by atoms with Crippen molar-refractivity contribution in [1.29, 1.82) is 0 Å². The smallest absolute Gasteiger partial charge is 0.255 e. The molecule has 2 fully saturated rings. The van der Waals surface area contributed by atoms with Gasteiger partial charge in [-0.05, 0) is 73.7 Å². The molecule has 4 rings (SSSR count). The van der Waals surface area contributed by atoms with E-state index in [1.807, 2.05) is 12.1 Å². The summed E-state index contributed by atoms with van der Waals surface area (Å²) in [6.07, 6.45) is 5.08. The molecule has 2 saturated carbocycles. The Morgan fingerprint density at radius 1 is 1.04 bits per heavy atom. The largest absolute Gasteiger partial charge is 0.322 e. The molecule has 142 valence electrons. The first-order valence-corrected chi connectivity index (χ1v) is 11.2. The third-order valence-electron chi connectivity index (χ3n) is 5.30. The average molecular weight is 385 g/mol. The minimum atomic E-state index is -3.26. The molecule has 5 nitrogen and oxygen atoms in total. The zero-order valence-corrected chi connectivity index (χ0v) is 16.1. The van der Waals surface area contributed by atoms with E-state index in [4.69, 9.17) is 0 Å². The molecule has 2 N–H and O–H groups in total. The van der Waals surface area contributed by atoms with E-state index in [0.717, 1.165) is 24.4 Å². The molecule has 2 aromatic carbocycles. The van der Waals surface area contributed by atoms with E-state index in [9.17, 15) is 13.2 Å². The molecule has 2 aliphatic carbocycles. The molecule has 1 amide bonds. The minimum Gasteiger partial charge on any atom is -0.322 e. The third-order valence-corrected chi connectivity index (χ3v) is 6.43. The van der Waals surface area contributed by atoms with Gasteiger partial charge < -0.3 is 10.6 Å². The van der Waals surface area contributed by atoms with Gasteiger partial charge in [0.05, 0.1) is 4.90 Å². The van der Waals surface area contributed by atoms with Crippen LogP contribution in [-0.2, 0) is 9.84 Å². The van der Waals surface area contributed by atoms with Gasteiger partial charge in [-0.25, -0.2) is 8.42 Å². The standard InChI is InChI=1S/C21H24N2O3S/c1-27(25,26)18-10-6-16(7-11-18)21(24)23-17-8-4-15(5-9-17)19-12-20(19)22-13-14-2-3-14/h4-11,14,19-20,22H,2-3,12-13H2,1H3,(H,23,24)/t19-,20+/m0/s1. The summed E-state index contributed by atoms with van der Waals surface area (Å²) >= 11 is 0. The lowest BCUT2D eigenvalue weighted by atomic mass is 10.1. The first-order valence-electron chi connectivity index (χ1n) is 9.35. The van der Waals surface area contributed by atoms with E-state index >= 15 is 0 Å². The topological polar surface area (TPSA) is 75.3 Å². The molecule has 0 aliphatic heterocycles. The Bertz CT molecular complexity index is 932. The molecular weight excluding hydrogens is 360 g/mol. The fourth-order valence-electron chi connectivity index (χ4n) is 3.30. The van der Waals surface area contributed by atoms with E-state index in [2.05, 4.69) is 22.8 Å². The van der Waals surface area contributed by atoms with Crippen molar-refractivity contribution in [3.8, 4) is 0 Å². The lowest BCUT2D eigenvalue weighted by molar-refractivity contribution is 0.102. The number of carbonyl (C=O) groups is 1. The van der Waals surface area contributed by atoms with Crippen LogP contribution in [0.3, 0.4) is 0 Å². The van der Waals surface area contributed by atoms with Crippen molar-refractivity contribution in [2.45, 2.75) is 36.1 Å². The maximum atomic E-state index is 12.3. The minimum absolute atomic E-state index is 0.206. The van der Waals surface area contributed by atoms with Gasteiger partial charge in [-0.3, -0.25) is 4.79 Å². The van der Waals surface area contributed by atoms with Gasteiger partial charge in [0, 0.05) is 29.5 Å². The monoisotopic (exact) mass is 384 g/mol. The van der Waals surface area contributed by atoms with E-state index in [0.29, 0.717) is 17.5 Å². The summed E-state index contributed by atoms with van der Waals surface area (Å²) in [4.78, 5) is 12.5. The van der Waals surface area contributed by atoms with E-state index < -0.39 is 9.84 Å². The maximum absolute atomic E-state index is 12.3. The SMILES string of the molecule is CS(=O)(=O)c1ccc(C(=O)Nc2ccc([C@@H]3C[C@H]3NCC3CC3)cc2)cc1. The first-order chi connectivity index (χ1) is 12.9. The molecule has 27 heavy (non-hydrogen) atoms. The van der Waals surface area contributed by atoms with Crippen LogP contribution in [0.4, 0.5) is 5.69 Å². The second-order valence-electron chi connectivity index (χ2n) is 7.67. The Kier molecular flexibility index (Phi) is 4.78. The fourth-order valence-corrected chi connectivity index (χ4v) is 3.93. The lowest BCUT2D eigenvalue weighted by Crippen LogP contribution is -2.20. The summed E-state index contributed by atoms with van der Waals surface area (Å²) in [5.74, 6) is 1.23. The number of amides is 1. The predicted molar refractivity (Wildman–Crippen MR) is 106 cm³/mol. The molecule has 0 aromatic heterocycles. The quantitative estimate of drug-likeness (QED) is 0.769. The Morgan fingerprint density at radius 3 is 2.30 bits per heavy atom. The van der Waals surface area contributed by atoms with Crippen molar-refractivity contribution in [2.75, 3.05) is 18.1 Å². The summed E-state index contributed by atoms with van der Waals surface area (Å²) < 4.78 is 23.0. The van der Waals surface area contributed by atoms with Crippen LogP contribution in [-0.4, -0.2) is 33.2 Å². The Balaban J connectivity index is 1.33. The highest BCUT2D eigenvalue weighted by Crippen LogP contribution is 2.41. The zero-order valence-electron chi connectivity index (χ0n) is 15.3. The van der Waals surface area contributed by atoms with Crippen LogP contribution < -0.4 is 10.6 Å². The number of sulfone groups is 1. The molecule has 0 bridgehead atoms. The highest BCUT2D eigenvalue weighted by Gasteiger charge is 2.38. The number of anilines is 1. The number of hydrogen-bond acceptors (Lipinski definition) is 4. The van der Waals surface area contributed by atoms with Crippen LogP contribution in [0, 0.1) is 5.92 Å². The summed E-state index contributed by atoms with van der Waals surface area (Å²) in [6, 6.07) is 14.6. The van der Waals surface area contributed by atoms with Gasteiger partial charge in [0.1, 0.15) is 0 Å². The van der Waals surface area contributed by atoms with E-state index in [-0.39, 0.29) is 10.8 Å². The van der Waals surface area contributed by atoms with Gasteiger partial charge in [-0.15, -0.1) is 0 Å². The van der Waals surface area contributed by atoms with Crippen molar-refractivity contribution in [1.82, 2.24) is 5.32 Å². The van der Waals surface area contributed by atoms with Gasteiger partial charge >= 0.3 is 0 Å². The highest BCUT2D eigenvalue weighted by molar-refractivity contribution is 7.90. The number of nitrogens with one attached hydrogen (secondary N) is 2. The Labute approximate surface area is 160 Å². The van der Waals surface area contributed by atoms with Crippen LogP contribution in [0.1, 0.15) is 41.1 Å². The third kappa shape index (κ3) is 4.57. The van der Waals surface area contributed by atoms with Crippen molar-refractivity contribution < 1.29 is 13.2 Å². The lowest BCUT2D eigenvalue weighted by Gasteiger charge is -2.08. The van der Waals surface area contributed by atoms with Crippen LogP contribution in [0.25, 0.3) is 0 Å². The summed E-state index contributed by atoms with van der Waals surface area (Å²) in [7, 11) is -3.26. The predicted octanol–water partition coefficient (Wildman–Crippen LogP) is 3.20. The Hall–Kier alpha value is -2.18.